The number of fused-ring (bicyclic) bond motifs is 5. The Balaban J connectivity index is 1.45. The molecule has 8 atom stereocenters. The molecule has 4 rings (SSSR count). The molecule has 0 amide bonds. The topological polar surface area (TPSA) is 43.4 Å². The molecule has 0 saturated heterocycles. The van der Waals surface area contributed by atoms with Crippen molar-refractivity contribution >= 4 is 11.8 Å². The van der Waals surface area contributed by atoms with Crippen LogP contribution in [0.4, 0.5) is 0 Å². The highest BCUT2D eigenvalue weighted by Crippen LogP contribution is 2.65. The molecule has 0 spiro atoms. The molecule has 3 nitrogen and oxygen atoms in total. The van der Waals surface area contributed by atoms with Crippen molar-refractivity contribution in [1.82, 2.24) is 0 Å². The lowest BCUT2D eigenvalue weighted by molar-refractivity contribution is -0.163. The normalized spacial score (nSPS) is 47.0. The van der Waals surface area contributed by atoms with E-state index in [-0.39, 0.29) is 17.7 Å². The van der Waals surface area contributed by atoms with Gasteiger partial charge in [0, 0.05) is 6.42 Å². The largest absolute Gasteiger partial charge is 0.454 e. The molecule has 0 radical (unpaired) electrons. The Kier molecular flexibility index (Phi) is 4.47. The number of rotatable bonds is 4. The summed E-state index contributed by atoms with van der Waals surface area (Å²) in [4.78, 5) is 24.8. The van der Waals surface area contributed by atoms with Gasteiger partial charge in [-0.15, -0.1) is 0 Å². The van der Waals surface area contributed by atoms with Crippen molar-refractivity contribution < 1.29 is 14.3 Å². The standard InChI is InChI=1S/C21H32O3/c1-3-12-9-13(4-2)20-15-10-14(19(12)20)11-16(15)21(23)24-18-8-6-5-7-17(18)22/h12-16,18-20H,3-11H2,1-2H3. The van der Waals surface area contributed by atoms with E-state index in [4.69, 9.17) is 4.74 Å². The van der Waals surface area contributed by atoms with Gasteiger partial charge in [-0.2, -0.15) is 0 Å². The smallest absolute Gasteiger partial charge is 0.309 e. The second-order valence-electron chi connectivity index (χ2n) is 8.87. The molecule has 134 valence electrons. The third kappa shape index (κ3) is 2.54. The molecular weight excluding hydrogens is 300 g/mol. The number of hydrogen-bond acceptors (Lipinski definition) is 3. The first-order chi connectivity index (χ1) is 11.6. The molecule has 0 aromatic heterocycles. The number of hydrogen-bond donors (Lipinski definition) is 0. The van der Waals surface area contributed by atoms with Gasteiger partial charge in [-0.25, -0.2) is 0 Å². The third-order valence-electron chi connectivity index (χ3n) is 7.93. The van der Waals surface area contributed by atoms with E-state index < -0.39 is 6.10 Å². The van der Waals surface area contributed by atoms with Crippen LogP contribution in [0.1, 0.15) is 71.6 Å². The molecular formula is C21H32O3. The summed E-state index contributed by atoms with van der Waals surface area (Å²) in [7, 11) is 0. The van der Waals surface area contributed by atoms with Crippen molar-refractivity contribution in [3.8, 4) is 0 Å². The molecule has 4 fully saturated rings. The van der Waals surface area contributed by atoms with E-state index in [0.29, 0.717) is 12.3 Å². The second-order valence-corrected chi connectivity index (χ2v) is 8.87. The van der Waals surface area contributed by atoms with E-state index >= 15 is 0 Å². The van der Waals surface area contributed by atoms with Crippen LogP contribution in [0.25, 0.3) is 0 Å². The summed E-state index contributed by atoms with van der Waals surface area (Å²) in [6.07, 6.45) is 9.06. The highest BCUT2D eigenvalue weighted by molar-refractivity contribution is 5.86. The zero-order chi connectivity index (χ0) is 16.8. The Morgan fingerprint density at radius 2 is 1.79 bits per heavy atom. The Bertz CT molecular complexity index is 513. The monoisotopic (exact) mass is 332 g/mol. The quantitative estimate of drug-likeness (QED) is 0.717. The molecule has 2 bridgehead atoms. The Morgan fingerprint density at radius 1 is 1.04 bits per heavy atom. The summed E-state index contributed by atoms with van der Waals surface area (Å²) in [5, 5.41) is 0. The average molecular weight is 332 g/mol. The van der Waals surface area contributed by atoms with Gasteiger partial charge in [0.1, 0.15) is 0 Å². The van der Waals surface area contributed by atoms with Crippen LogP contribution in [0.2, 0.25) is 0 Å². The fourth-order valence-corrected chi connectivity index (χ4v) is 6.97. The first-order valence-corrected chi connectivity index (χ1v) is 10.4. The molecule has 4 aliphatic rings. The van der Waals surface area contributed by atoms with Gasteiger partial charge >= 0.3 is 5.97 Å². The van der Waals surface area contributed by atoms with Gasteiger partial charge in [-0.3, -0.25) is 9.59 Å². The maximum Gasteiger partial charge on any atom is 0.309 e. The van der Waals surface area contributed by atoms with Crippen LogP contribution in [-0.2, 0) is 14.3 Å². The van der Waals surface area contributed by atoms with E-state index in [2.05, 4.69) is 13.8 Å². The van der Waals surface area contributed by atoms with Crippen LogP contribution in [0.15, 0.2) is 0 Å². The zero-order valence-corrected chi connectivity index (χ0v) is 15.2. The minimum atomic E-state index is -0.435. The number of carbonyl (C=O) groups is 2. The summed E-state index contributed by atoms with van der Waals surface area (Å²) in [5.41, 5.74) is 0. The fourth-order valence-electron chi connectivity index (χ4n) is 6.97. The summed E-state index contributed by atoms with van der Waals surface area (Å²) >= 11 is 0. The number of ketones is 1. The summed E-state index contributed by atoms with van der Waals surface area (Å²) in [6, 6.07) is 0. The lowest BCUT2D eigenvalue weighted by Crippen LogP contribution is -2.38. The Labute approximate surface area is 145 Å². The Morgan fingerprint density at radius 3 is 2.50 bits per heavy atom. The Hall–Kier alpha value is -0.860. The van der Waals surface area contributed by atoms with Crippen molar-refractivity contribution in [1.29, 1.82) is 0 Å². The van der Waals surface area contributed by atoms with E-state index in [9.17, 15) is 9.59 Å². The minimum absolute atomic E-state index is 0.0454. The maximum atomic E-state index is 12.8. The van der Waals surface area contributed by atoms with Crippen molar-refractivity contribution in [3.63, 3.8) is 0 Å². The van der Waals surface area contributed by atoms with Gasteiger partial charge in [0.05, 0.1) is 5.92 Å². The van der Waals surface area contributed by atoms with Gasteiger partial charge in [0.2, 0.25) is 0 Å². The average Bonchev–Trinajstić information content (AvgIpc) is 3.26. The second kappa shape index (κ2) is 6.46. The lowest BCUT2D eigenvalue weighted by atomic mass is 9.70. The van der Waals surface area contributed by atoms with Gasteiger partial charge < -0.3 is 4.74 Å². The highest BCUT2D eigenvalue weighted by Gasteiger charge is 2.61. The van der Waals surface area contributed by atoms with E-state index in [1.54, 1.807) is 0 Å². The third-order valence-corrected chi connectivity index (χ3v) is 7.93. The minimum Gasteiger partial charge on any atom is -0.454 e. The van der Waals surface area contributed by atoms with Crippen molar-refractivity contribution in [2.45, 2.75) is 77.7 Å². The first kappa shape index (κ1) is 16.6. The predicted octanol–water partition coefficient (Wildman–Crippen LogP) is 4.39. The van der Waals surface area contributed by atoms with Gasteiger partial charge in [-0.1, -0.05) is 26.7 Å². The number of carbonyl (C=O) groups excluding carboxylic acids is 2. The molecule has 0 aromatic carbocycles. The van der Waals surface area contributed by atoms with Gasteiger partial charge in [0.15, 0.2) is 11.9 Å². The molecule has 0 aromatic rings. The van der Waals surface area contributed by atoms with Crippen LogP contribution < -0.4 is 0 Å². The van der Waals surface area contributed by atoms with Crippen molar-refractivity contribution in [3.05, 3.63) is 0 Å². The van der Waals surface area contributed by atoms with Crippen LogP contribution in [0.5, 0.6) is 0 Å². The molecule has 3 heteroatoms. The predicted molar refractivity (Wildman–Crippen MR) is 92.2 cm³/mol. The van der Waals surface area contributed by atoms with Crippen LogP contribution in [0.3, 0.4) is 0 Å². The van der Waals surface area contributed by atoms with Crippen LogP contribution in [0, 0.1) is 41.4 Å². The van der Waals surface area contributed by atoms with Crippen LogP contribution in [-0.4, -0.2) is 17.9 Å². The summed E-state index contributed by atoms with van der Waals surface area (Å²) in [6.45, 7) is 4.66. The van der Waals surface area contributed by atoms with E-state index in [0.717, 1.165) is 55.3 Å². The fraction of sp³-hybridized carbons (Fsp3) is 0.905. The number of Topliss-reactive ketones (excluding diaryl/α,β-unsaturated/α-hetero) is 1. The van der Waals surface area contributed by atoms with E-state index in [1.807, 2.05) is 0 Å². The SMILES string of the molecule is CCC1CC(CC)C2C3CC(CC3C(=O)OC3CCCCC3=O)C12. The molecule has 0 aliphatic heterocycles. The summed E-state index contributed by atoms with van der Waals surface area (Å²) in [5.74, 6) is 4.76. The molecule has 4 aliphatic carbocycles. The number of ether oxygens (including phenoxy) is 1. The molecule has 0 N–H and O–H groups in total. The van der Waals surface area contributed by atoms with Gasteiger partial charge in [-0.05, 0) is 74.0 Å². The van der Waals surface area contributed by atoms with Gasteiger partial charge in [0.25, 0.3) is 0 Å². The van der Waals surface area contributed by atoms with E-state index in [1.165, 1.54) is 25.7 Å². The molecule has 24 heavy (non-hydrogen) atoms. The van der Waals surface area contributed by atoms with Crippen molar-refractivity contribution in [2.75, 3.05) is 0 Å². The number of esters is 1. The highest BCUT2D eigenvalue weighted by atomic mass is 16.5. The zero-order valence-electron chi connectivity index (χ0n) is 15.2. The summed E-state index contributed by atoms with van der Waals surface area (Å²) < 4.78 is 5.72. The first-order valence-electron chi connectivity index (χ1n) is 10.4. The van der Waals surface area contributed by atoms with Crippen LogP contribution >= 0.6 is 0 Å². The lowest BCUT2D eigenvalue weighted by Gasteiger charge is -2.35. The van der Waals surface area contributed by atoms with Crippen molar-refractivity contribution in [2.24, 2.45) is 41.4 Å². The molecule has 8 unspecified atom stereocenters. The maximum absolute atomic E-state index is 12.8. The molecule has 0 heterocycles. The molecule has 4 saturated carbocycles.